The molecule has 1 aromatic heterocycles. The topological polar surface area (TPSA) is 69.9 Å². The highest BCUT2D eigenvalue weighted by molar-refractivity contribution is 7.96. The third-order valence-corrected chi connectivity index (χ3v) is 5.44. The van der Waals surface area contributed by atoms with Gasteiger partial charge in [0.2, 0.25) is 0 Å². The number of thiol groups is 1. The summed E-state index contributed by atoms with van der Waals surface area (Å²) in [6, 6.07) is 1.11. The maximum Gasteiger partial charge on any atom is 0.189 e. The molecule has 0 radical (unpaired) electrons. The molecule has 0 saturated carbocycles. The largest absolute Gasteiger partial charge is 0.358 e. The van der Waals surface area contributed by atoms with Crippen LogP contribution in [0.3, 0.4) is 0 Å². The van der Waals surface area contributed by atoms with Crippen LogP contribution in [0.2, 0.25) is 25.7 Å². The van der Waals surface area contributed by atoms with Crippen LogP contribution in [0.25, 0.3) is 0 Å². The second-order valence-electron chi connectivity index (χ2n) is 7.89. The van der Waals surface area contributed by atoms with Gasteiger partial charge in [0, 0.05) is 27.0 Å². The van der Waals surface area contributed by atoms with Gasteiger partial charge in [0.25, 0.3) is 0 Å². The van der Waals surface area contributed by atoms with E-state index in [1.807, 2.05) is 20.8 Å². The molecule has 6 nitrogen and oxygen atoms in total. The van der Waals surface area contributed by atoms with E-state index in [4.69, 9.17) is 4.74 Å². The Bertz CT molecular complexity index is 494. The number of hydrogen-bond acceptors (Lipinski definition) is 5. The Hall–Kier alpha value is -0.733. The Labute approximate surface area is 139 Å². The van der Waals surface area contributed by atoms with Crippen LogP contribution >= 0.6 is 12.6 Å². The second-order valence-corrected chi connectivity index (χ2v) is 13.9. The van der Waals surface area contributed by atoms with Crippen molar-refractivity contribution in [2.75, 3.05) is 6.61 Å². The molecule has 0 saturated heterocycles. The van der Waals surface area contributed by atoms with Crippen LogP contribution in [0.15, 0.2) is 0 Å². The first-order valence-corrected chi connectivity index (χ1v) is 11.7. The van der Waals surface area contributed by atoms with Crippen molar-refractivity contribution in [3.8, 4) is 0 Å². The maximum atomic E-state index is 11.7. The molecule has 1 heterocycles. The SMILES string of the molecule is CC(C)(C)C(Cc1nnn(COCC[Si](C)(C)C)n1)C(=O)S. The van der Waals surface area contributed by atoms with Gasteiger partial charge < -0.3 is 4.74 Å². The quantitative estimate of drug-likeness (QED) is 0.446. The first-order chi connectivity index (χ1) is 9.99. The van der Waals surface area contributed by atoms with Crippen LogP contribution in [0.5, 0.6) is 0 Å². The molecule has 0 aromatic carbocycles. The van der Waals surface area contributed by atoms with Crippen molar-refractivity contribution in [3.05, 3.63) is 5.82 Å². The number of hydrogen-bond donors (Lipinski definition) is 1. The minimum Gasteiger partial charge on any atom is -0.358 e. The van der Waals surface area contributed by atoms with Crippen LogP contribution in [0.4, 0.5) is 0 Å². The molecular formula is C14H28N4O2SSi. The molecule has 1 unspecified atom stereocenters. The van der Waals surface area contributed by atoms with Gasteiger partial charge in [-0.15, -0.1) is 27.6 Å². The van der Waals surface area contributed by atoms with Gasteiger partial charge >= 0.3 is 0 Å². The summed E-state index contributed by atoms with van der Waals surface area (Å²) in [6.45, 7) is 14.0. The molecule has 0 aliphatic rings. The molecule has 22 heavy (non-hydrogen) atoms. The van der Waals surface area contributed by atoms with Crippen molar-refractivity contribution in [1.29, 1.82) is 0 Å². The third kappa shape index (κ3) is 7.02. The lowest BCUT2D eigenvalue weighted by Gasteiger charge is -2.26. The zero-order valence-electron chi connectivity index (χ0n) is 14.5. The zero-order chi connectivity index (χ0) is 17.0. The fourth-order valence-electron chi connectivity index (χ4n) is 1.88. The molecule has 0 N–H and O–H groups in total. The van der Waals surface area contributed by atoms with E-state index < -0.39 is 8.07 Å². The van der Waals surface area contributed by atoms with E-state index in [2.05, 4.69) is 47.7 Å². The van der Waals surface area contributed by atoms with Crippen LogP contribution in [-0.4, -0.2) is 40.0 Å². The molecular weight excluding hydrogens is 316 g/mol. The summed E-state index contributed by atoms with van der Waals surface area (Å²) in [4.78, 5) is 13.1. The van der Waals surface area contributed by atoms with Crippen molar-refractivity contribution in [2.45, 2.75) is 59.6 Å². The van der Waals surface area contributed by atoms with Crippen molar-refractivity contribution in [2.24, 2.45) is 11.3 Å². The average molecular weight is 345 g/mol. The maximum absolute atomic E-state index is 11.7. The van der Waals surface area contributed by atoms with Gasteiger partial charge in [0.1, 0.15) is 0 Å². The number of aromatic nitrogens is 4. The summed E-state index contributed by atoms with van der Waals surface area (Å²) in [5.41, 5.74) is -0.182. The molecule has 0 amide bonds. The molecule has 0 aliphatic carbocycles. The van der Waals surface area contributed by atoms with Crippen molar-refractivity contribution < 1.29 is 9.53 Å². The van der Waals surface area contributed by atoms with Crippen LogP contribution in [0, 0.1) is 11.3 Å². The highest BCUT2D eigenvalue weighted by atomic mass is 32.1. The van der Waals surface area contributed by atoms with Crippen molar-refractivity contribution in [1.82, 2.24) is 20.2 Å². The lowest BCUT2D eigenvalue weighted by molar-refractivity contribution is -0.117. The number of rotatable bonds is 8. The predicted molar refractivity (Wildman–Crippen MR) is 92.6 cm³/mol. The van der Waals surface area contributed by atoms with Crippen LogP contribution < -0.4 is 0 Å². The van der Waals surface area contributed by atoms with Gasteiger partial charge in [-0.1, -0.05) is 40.4 Å². The lowest BCUT2D eigenvalue weighted by atomic mass is 9.79. The fraction of sp³-hybridized carbons (Fsp3) is 0.857. The summed E-state index contributed by atoms with van der Waals surface area (Å²) in [5, 5.41) is 12.1. The van der Waals surface area contributed by atoms with E-state index in [1.165, 1.54) is 4.80 Å². The number of nitrogens with zero attached hydrogens (tertiary/aromatic N) is 4. The number of carbonyl (C=O) groups is 1. The molecule has 126 valence electrons. The van der Waals surface area contributed by atoms with Gasteiger partial charge in [0.15, 0.2) is 17.7 Å². The van der Waals surface area contributed by atoms with E-state index in [0.29, 0.717) is 25.6 Å². The lowest BCUT2D eigenvalue weighted by Crippen LogP contribution is -2.28. The predicted octanol–water partition coefficient (Wildman–Crippen LogP) is 2.65. The second kappa shape index (κ2) is 7.70. The summed E-state index contributed by atoms with van der Waals surface area (Å²) in [5.74, 6) is 0.317. The monoisotopic (exact) mass is 344 g/mol. The standard InChI is InChI=1S/C14H28N4O2SSi/c1-14(2,3)11(13(19)21)9-12-15-17-18(16-12)10-20-7-8-22(4,5)6/h11H,7-10H2,1-6H3,(H,19,21). The van der Waals surface area contributed by atoms with E-state index in [0.717, 1.165) is 6.04 Å². The minimum absolute atomic E-state index is 0.143. The van der Waals surface area contributed by atoms with E-state index in [1.54, 1.807) is 0 Å². The van der Waals surface area contributed by atoms with Gasteiger partial charge in [-0.05, 0) is 16.7 Å². The Balaban J connectivity index is 2.52. The van der Waals surface area contributed by atoms with Crippen molar-refractivity contribution in [3.63, 3.8) is 0 Å². The Morgan fingerprint density at radius 1 is 1.36 bits per heavy atom. The molecule has 1 atom stereocenters. The number of ether oxygens (including phenoxy) is 1. The van der Waals surface area contributed by atoms with Crippen molar-refractivity contribution >= 4 is 25.8 Å². The van der Waals surface area contributed by atoms with Gasteiger partial charge in [-0.3, -0.25) is 4.79 Å². The Morgan fingerprint density at radius 3 is 2.50 bits per heavy atom. The Kier molecular flexibility index (Phi) is 6.76. The van der Waals surface area contributed by atoms with E-state index in [9.17, 15) is 4.79 Å². The first-order valence-electron chi connectivity index (χ1n) is 7.56. The molecule has 0 fully saturated rings. The normalized spacial score (nSPS) is 14.1. The van der Waals surface area contributed by atoms with Gasteiger partial charge in [-0.2, -0.15) is 0 Å². The highest BCUT2D eigenvalue weighted by Crippen LogP contribution is 2.29. The number of carbonyl (C=O) groups excluding carboxylic acids is 1. The van der Waals surface area contributed by atoms with Crippen LogP contribution in [-0.2, 0) is 22.7 Å². The zero-order valence-corrected chi connectivity index (χ0v) is 16.4. The molecule has 8 heteroatoms. The molecule has 1 aromatic rings. The van der Waals surface area contributed by atoms with E-state index in [-0.39, 0.29) is 16.4 Å². The highest BCUT2D eigenvalue weighted by Gasteiger charge is 2.30. The fourth-order valence-corrected chi connectivity index (χ4v) is 3.12. The smallest absolute Gasteiger partial charge is 0.189 e. The molecule has 0 aliphatic heterocycles. The number of tetrazole rings is 1. The average Bonchev–Trinajstić information content (AvgIpc) is 2.76. The Morgan fingerprint density at radius 2 is 2.00 bits per heavy atom. The summed E-state index contributed by atoms with van der Waals surface area (Å²) >= 11 is 3.98. The molecule has 0 spiro atoms. The van der Waals surface area contributed by atoms with Crippen LogP contribution in [0.1, 0.15) is 26.6 Å². The summed E-state index contributed by atoms with van der Waals surface area (Å²) in [7, 11) is -1.08. The minimum atomic E-state index is -1.08. The van der Waals surface area contributed by atoms with Gasteiger partial charge in [-0.25, -0.2) is 0 Å². The first kappa shape index (κ1) is 19.3. The summed E-state index contributed by atoms with van der Waals surface area (Å²) in [6.07, 6.45) is 0.445. The summed E-state index contributed by atoms with van der Waals surface area (Å²) < 4.78 is 5.58. The van der Waals surface area contributed by atoms with Gasteiger partial charge in [0.05, 0.1) is 0 Å². The third-order valence-electron chi connectivity index (χ3n) is 3.43. The molecule has 0 bridgehead atoms. The van der Waals surface area contributed by atoms with E-state index >= 15 is 0 Å². The molecule has 1 rings (SSSR count).